The van der Waals surface area contributed by atoms with Crippen molar-refractivity contribution in [1.29, 1.82) is 0 Å². The van der Waals surface area contributed by atoms with E-state index in [1.807, 2.05) is 11.3 Å². The maximum absolute atomic E-state index is 2.42. The van der Waals surface area contributed by atoms with Crippen molar-refractivity contribution in [3.05, 3.63) is 188 Å². The van der Waals surface area contributed by atoms with Gasteiger partial charge in [0.1, 0.15) is 11.4 Å². The molecule has 0 bridgehead atoms. The third-order valence-electron chi connectivity index (χ3n) is 10.9. The van der Waals surface area contributed by atoms with Crippen LogP contribution in [0.2, 0.25) is 0 Å². The molecule has 9 aromatic rings. The van der Waals surface area contributed by atoms with Gasteiger partial charge < -0.3 is 4.90 Å². The highest BCUT2D eigenvalue weighted by molar-refractivity contribution is 7.26. The molecule has 8 aromatic carbocycles. The number of nitrogens with zero attached hydrogens (tertiary/aromatic N) is 2. The molecule has 10 rings (SSSR count). The summed E-state index contributed by atoms with van der Waals surface area (Å²) in [6.45, 7) is 0. The van der Waals surface area contributed by atoms with E-state index in [0.29, 0.717) is 0 Å². The van der Waals surface area contributed by atoms with E-state index in [-0.39, 0.29) is 0 Å². The number of anilines is 3. The van der Waals surface area contributed by atoms with E-state index in [9.17, 15) is 0 Å². The number of fused-ring (bicyclic) bond motifs is 7. The molecule has 0 spiro atoms. The van der Waals surface area contributed by atoms with Crippen molar-refractivity contribution in [2.24, 2.45) is 0 Å². The molecule has 0 N–H and O–H groups in total. The standard InChI is InChI=1S/C50H37N2S/c1-52(2)46-30-28-42(33-45(46)49-47(52)31-29-44-43-18-9-10-19-48(43)53-50(44)49)51(40-24-20-36(21-25-40)34-12-5-3-6-13-34)41-26-22-37(23-27-41)39-17-11-16-38(32-39)35-14-7-4-8-15-35/h3-33H,1-2H3/q+1. The summed E-state index contributed by atoms with van der Waals surface area (Å²) >= 11 is 1.91. The number of benzene rings is 8. The molecule has 252 valence electrons. The van der Waals surface area contributed by atoms with Crippen molar-refractivity contribution < 1.29 is 0 Å². The van der Waals surface area contributed by atoms with Crippen LogP contribution < -0.4 is 9.38 Å². The summed E-state index contributed by atoms with van der Waals surface area (Å²) < 4.78 is 3.42. The molecular weight excluding hydrogens is 661 g/mol. The Labute approximate surface area is 314 Å². The first-order valence-corrected chi connectivity index (χ1v) is 19.0. The number of thiophene rings is 1. The van der Waals surface area contributed by atoms with Gasteiger partial charge in [-0.15, -0.1) is 11.3 Å². The molecule has 0 fully saturated rings. The van der Waals surface area contributed by atoms with Crippen LogP contribution >= 0.6 is 11.3 Å². The third-order valence-corrected chi connectivity index (χ3v) is 12.1. The second kappa shape index (κ2) is 12.5. The molecule has 1 aromatic heterocycles. The molecule has 1 aliphatic rings. The normalized spacial score (nSPS) is 12.9. The quantitative estimate of drug-likeness (QED) is 0.156. The van der Waals surface area contributed by atoms with Crippen molar-refractivity contribution in [2.45, 2.75) is 0 Å². The molecule has 0 saturated carbocycles. The average Bonchev–Trinajstić information content (AvgIpc) is 3.71. The van der Waals surface area contributed by atoms with Gasteiger partial charge in [-0.1, -0.05) is 121 Å². The summed E-state index contributed by atoms with van der Waals surface area (Å²) in [5, 5.41) is 2.67. The van der Waals surface area contributed by atoms with E-state index in [1.165, 1.54) is 76.1 Å². The largest absolute Gasteiger partial charge is 0.310 e. The first-order chi connectivity index (χ1) is 26.0. The van der Waals surface area contributed by atoms with Gasteiger partial charge in [-0.05, 0) is 88.0 Å². The first kappa shape index (κ1) is 31.5. The molecule has 0 aliphatic carbocycles. The van der Waals surface area contributed by atoms with Crippen LogP contribution in [0, 0.1) is 0 Å². The van der Waals surface area contributed by atoms with E-state index in [0.717, 1.165) is 21.5 Å². The molecule has 0 unspecified atom stereocenters. The first-order valence-electron chi connectivity index (χ1n) is 18.2. The zero-order chi connectivity index (χ0) is 35.5. The molecule has 53 heavy (non-hydrogen) atoms. The molecule has 2 nitrogen and oxygen atoms in total. The third kappa shape index (κ3) is 5.28. The van der Waals surface area contributed by atoms with Crippen LogP contribution in [0.25, 0.3) is 64.7 Å². The Morgan fingerprint density at radius 3 is 1.57 bits per heavy atom. The van der Waals surface area contributed by atoms with Crippen LogP contribution in [-0.4, -0.2) is 14.1 Å². The van der Waals surface area contributed by atoms with E-state index in [2.05, 4.69) is 207 Å². The van der Waals surface area contributed by atoms with Crippen LogP contribution in [0.3, 0.4) is 0 Å². The maximum Gasteiger partial charge on any atom is 0.147 e. The van der Waals surface area contributed by atoms with Crippen molar-refractivity contribution in [2.75, 3.05) is 19.0 Å². The molecule has 0 atom stereocenters. The zero-order valence-corrected chi connectivity index (χ0v) is 30.5. The van der Waals surface area contributed by atoms with Crippen LogP contribution in [0.1, 0.15) is 0 Å². The minimum Gasteiger partial charge on any atom is -0.310 e. The summed E-state index contributed by atoms with van der Waals surface area (Å²) in [7, 11) is 4.63. The van der Waals surface area contributed by atoms with Gasteiger partial charge in [-0.25, -0.2) is 0 Å². The van der Waals surface area contributed by atoms with Crippen molar-refractivity contribution in [3.63, 3.8) is 0 Å². The van der Waals surface area contributed by atoms with Crippen molar-refractivity contribution in [1.82, 2.24) is 4.48 Å². The van der Waals surface area contributed by atoms with Gasteiger partial charge in [0, 0.05) is 49.4 Å². The van der Waals surface area contributed by atoms with Gasteiger partial charge in [-0.3, -0.25) is 4.48 Å². The Morgan fingerprint density at radius 2 is 0.906 bits per heavy atom. The summed E-state index contributed by atoms with van der Waals surface area (Å²) in [5.41, 5.74) is 16.0. The summed E-state index contributed by atoms with van der Waals surface area (Å²) in [6, 6.07) is 68.6. The number of quaternary nitrogens is 1. The SMILES string of the molecule is C[N+]1(C)c2ccc(N(c3ccc(-c4ccccc4)cc3)c3ccc(-c4cccc(-c5ccccc5)c4)cc3)cc2-c2c1ccc1c2sc2ccccc21. The molecule has 0 amide bonds. The highest BCUT2D eigenvalue weighted by Gasteiger charge is 2.39. The van der Waals surface area contributed by atoms with Crippen LogP contribution in [0.4, 0.5) is 28.4 Å². The lowest BCUT2D eigenvalue weighted by molar-refractivity contribution is 0.569. The van der Waals surface area contributed by atoms with Gasteiger partial charge in [0.25, 0.3) is 0 Å². The monoisotopic (exact) mass is 697 g/mol. The second-order valence-electron chi connectivity index (χ2n) is 14.3. The lowest BCUT2D eigenvalue weighted by atomic mass is 9.98. The van der Waals surface area contributed by atoms with E-state index in [1.54, 1.807) is 0 Å². The molecule has 1 aliphatic heterocycles. The highest BCUT2D eigenvalue weighted by atomic mass is 32.1. The Morgan fingerprint density at radius 1 is 0.396 bits per heavy atom. The Bertz CT molecular complexity index is 2780. The summed E-state index contributed by atoms with van der Waals surface area (Å²) in [4.78, 5) is 2.41. The fraction of sp³-hybridized carbons (Fsp3) is 0.0400. The molecule has 3 heteroatoms. The van der Waals surface area contributed by atoms with Gasteiger partial charge >= 0.3 is 0 Å². The Hall–Kier alpha value is -6.26. The van der Waals surface area contributed by atoms with Gasteiger partial charge in [-0.2, -0.15) is 0 Å². The van der Waals surface area contributed by atoms with Crippen molar-refractivity contribution >= 4 is 59.9 Å². The van der Waals surface area contributed by atoms with Crippen LogP contribution in [0.5, 0.6) is 0 Å². The summed E-state index contributed by atoms with van der Waals surface area (Å²) in [6.07, 6.45) is 0. The van der Waals surface area contributed by atoms with E-state index in [4.69, 9.17) is 0 Å². The number of hydrogen-bond donors (Lipinski definition) is 0. The fourth-order valence-electron chi connectivity index (χ4n) is 8.18. The van der Waals surface area contributed by atoms with Crippen LogP contribution in [0.15, 0.2) is 188 Å². The molecular formula is C50H37N2S+. The lowest BCUT2D eigenvalue weighted by Crippen LogP contribution is -2.31. The molecule has 2 heterocycles. The topological polar surface area (TPSA) is 3.24 Å². The Balaban J connectivity index is 1.11. The number of rotatable bonds is 6. The average molecular weight is 698 g/mol. The smallest absolute Gasteiger partial charge is 0.147 e. The van der Waals surface area contributed by atoms with Crippen molar-refractivity contribution in [3.8, 4) is 44.5 Å². The Kier molecular flexibility index (Phi) is 7.40. The second-order valence-corrected chi connectivity index (χ2v) is 15.4. The van der Waals surface area contributed by atoms with E-state index < -0.39 is 0 Å². The van der Waals surface area contributed by atoms with Crippen LogP contribution in [-0.2, 0) is 0 Å². The minimum absolute atomic E-state index is 0.720. The predicted octanol–water partition coefficient (Wildman–Crippen LogP) is 14.4. The maximum atomic E-state index is 2.42. The van der Waals surface area contributed by atoms with Gasteiger partial charge in [0.2, 0.25) is 0 Å². The molecule has 0 radical (unpaired) electrons. The summed E-state index contributed by atoms with van der Waals surface area (Å²) in [5.74, 6) is 0. The minimum atomic E-state index is 0.720. The van der Waals surface area contributed by atoms with E-state index >= 15 is 0 Å². The van der Waals surface area contributed by atoms with Gasteiger partial charge in [0.15, 0.2) is 0 Å². The zero-order valence-electron chi connectivity index (χ0n) is 29.7. The highest BCUT2D eigenvalue weighted by Crippen LogP contribution is 2.57. The molecule has 0 saturated heterocycles. The predicted molar refractivity (Wildman–Crippen MR) is 229 cm³/mol. The number of hydrogen-bond acceptors (Lipinski definition) is 2. The lowest BCUT2D eigenvalue weighted by Gasteiger charge is -2.28. The van der Waals surface area contributed by atoms with Gasteiger partial charge in [0.05, 0.1) is 25.2 Å². The fourth-order valence-corrected chi connectivity index (χ4v) is 9.44.